The van der Waals surface area contributed by atoms with E-state index < -0.39 is 0 Å². The second-order valence-corrected chi connectivity index (χ2v) is 5.34. The Bertz CT molecular complexity index is 594. The lowest BCUT2D eigenvalue weighted by Gasteiger charge is -2.13. The van der Waals surface area contributed by atoms with Crippen LogP contribution < -0.4 is 10.6 Å². The van der Waals surface area contributed by atoms with Gasteiger partial charge in [0, 0.05) is 18.3 Å². The van der Waals surface area contributed by atoms with Crippen LogP contribution in [-0.4, -0.2) is 20.9 Å². The Morgan fingerprint density at radius 3 is 2.71 bits per heavy atom. The zero-order valence-corrected chi connectivity index (χ0v) is 13.0. The van der Waals surface area contributed by atoms with Crippen LogP contribution in [-0.2, 0) is 6.54 Å². The molecule has 2 aromatic rings. The van der Waals surface area contributed by atoms with Crippen molar-refractivity contribution in [2.75, 3.05) is 5.32 Å². The Hall–Kier alpha value is -1.95. The van der Waals surface area contributed by atoms with Gasteiger partial charge in [-0.15, -0.1) is 0 Å². The van der Waals surface area contributed by atoms with Crippen molar-refractivity contribution in [1.82, 2.24) is 15.1 Å². The van der Waals surface area contributed by atoms with E-state index in [0.29, 0.717) is 23.5 Å². The molecule has 0 aliphatic heterocycles. The molecule has 1 atom stereocenters. The smallest absolute Gasteiger partial charge is 0.172 e. The van der Waals surface area contributed by atoms with E-state index in [1.54, 1.807) is 16.8 Å². The lowest BCUT2D eigenvalue weighted by Crippen LogP contribution is -2.35. The number of benzene rings is 1. The fraction of sp³-hybridized carbons (Fsp3) is 0.333. The Morgan fingerprint density at radius 2 is 2.05 bits per heavy atom. The molecule has 1 aromatic heterocycles. The Morgan fingerprint density at radius 1 is 1.33 bits per heavy atom. The van der Waals surface area contributed by atoms with Gasteiger partial charge in [-0.2, -0.15) is 5.10 Å². The van der Waals surface area contributed by atoms with Crippen molar-refractivity contribution < 1.29 is 4.39 Å². The van der Waals surface area contributed by atoms with Crippen molar-refractivity contribution in [3.05, 3.63) is 47.9 Å². The zero-order chi connectivity index (χ0) is 15.2. The molecule has 0 aliphatic carbocycles. The van der Waals surface area contributed by atoms with Gasteiger partial charge in [0.25, 0.3) is 0 Å². The third-order valence-electron chi connectivity index (χ3n) is 3.13. The van der Waals surface area contributed by atoms with Crippen molar-refractivity contribution in [3.8, 4) is 0 Å². The quantitative estimate of drug-likeness (QED) is 0.833. The lowest BCUT2D eigenvalue weighted by molar-refractivity contribution is 0.624. The van der Waals surface area contributed by atoms with Crippen LogP contribution in [0.25, 0.3) is 0 Å². The Balaban J connectivity index is 1.92. The first-order valence-corrected chi connectivity index (χ1v) is 7.33. The first-order valence-electron chi connectivity index (χ1n) is 6.92. The molecule has 6 heteroatoms. The molecule has 0 saturated heterocycles. The highest BCUT2D eigenvalue weighted by Gasteiger charge is 2.05. The summed E-state index contributed by atoms with van der Waals surface area (Å²) in [6, 6.07) is 8.57. The summed E-state index contributed by atoms with van der Waals surface area (Å²) in [6.07, 6.45) is 2.86. The minimum Gasteiger partial charge on any atom is -0.360 e. The molecule has 21 heavy (non-hydrogen) atoms. The molecule has 0 fully saturated rings. The average molecular weight is 306 g/mol. The first-order chi connectivity index (χ1) is 10.1. The van der Waals surface area contributed by atoms with Gasteiger partial charge in [-0.3, -0.25) is 4.68 Å². The summed E-state index contributed by atoms with van der Waals surface area (Å²) in [7, 11) is 0. The number of hydrogen-bond acceptors (Lipinski definition) is 2. The maximum Gasteiger partial charge on any atom is 0.172 e. The number of nitrogens with zero attached hydrogens (tertiary/aromatic N) is 2. The molecule has 2 rings (SSSR count). The van der Waals surface area contributed by atoms with Gasteiger partial charge in [-0.25, -0.2) is 4.39 Å². The minimum atomic E-state index is -0.233. The van der Waals surface area contributed by atoms with E-state index in [2.05, 4.69) is 29.6 Å². The average Bonchev–Trinajstić information content (AvgIpc) is 2.88. The maximum atomic E-state index is 12.9. The highest BCUT2D eigenvalue weighted by molar-refractivity contribution is 7.80. The summed E-state index contributed by atoms with van der Waals surface area (Å²) in [6.45, 7) is 4.76. The molecule has 0 amide bonds. The molecule has 0 saturated carbocycles. The first kappa shape index (κ1) is 15.4. The predicted octanol–water partition coefficient (Wildman–Crippen LogP) is 3.16. The van der Waals surface area contributed by atoms with E-state index in [1.807, 2.05) is 12.3 Å². The standard InChI is InChI=1S/C15H19FN4S/c1-3-11(2)17-15(21)18-14-8-9-20(19-14)10-12-4-6-13(16)7-5-12/h4-9,11H,3,10H2,1-2H3,(H2,17,18,19,21). The Labute approximate surface area is 129 Å². The predicted molar refractivity (Wildman–Crippen MR) is 86.8 cm³/mol. The number of thiocarbonyl (C=S) groups is 1. The number of hydrogen-bond donors (Lipinski definition) is 2. The van der Waals surface area contributed by atoms with Crippen LogP contribution in [0, 0.1) is 5.82 Å². The highest BCUT2D eigenvalue weighted by Crippen LogP contribution is 2.08. The van der Waals surface area contributed by atoms with Crippen LogP contribution in [0.2, 0.25) is 0 Å². The van der Waals surface area contributed by atoms with Crippen LogP contribution in [0.4, 0.5) is 10.2 Å². The van der Waals surface area contributed by atoms with Crippen LogP contribution in [0.1, 0.15) is 25.8 Å². The highest BCUT2D eigenvalue weighted by atomic mass is 32.1. The minimum absolute atomic E-state index is 0.233. The van der Waals surface area contributed by atoms with Crippen molar-refractivity contribution >= 4 is 23.1 Å². The van der Waals surface area contributed by atoms with Gasteiger partial charge in [0.15, 0.2) is 10.9 Å². The number of aromatic nitrogens is 2. The van der Waals surface area contributed by atoms with Crippen LogP contribution >= 0.6 is 12.2 Å². The van der Waals surface area contributed by atoms with Crippen molar-refractivity contribution in [1.29, 1.82) is 0 Å². The number of rotatable bonds is 5. The third kappa shape index (κ3) is 4.82. The van der Waals surface area contributed by atoms with Crippen LogP contribution in [0.15, 0.2) is 36.5 Å². The summed E-state index contributed by atoms with van der Waals surface area (Å²) in [5, 5.41) is 11.2. The third-order valence-corrected chi connectivity index (χ3v) is 3.35. The summed E-state index contributed by atoms with van der Waals surface area (Å²) in [5.41, 5.74) is 0.992. The molecule has 0 radical (unpaired) electrons. The van der Waals surface area contributed by atoms with Gasteiger partial charge >= 0.3 is 0 Å². The topological polar surface area (TPSA) is 41.9 Å². The molecule has 1 unspecified atom stereocenters. The largest absolute Gasteiger partial charge is 0.360 e. The van der Waals surface area contributed by atoms with Gasteiger partial charge in [-0.1, -0.05) is 19.1 Å². The molecule has 1 heterocycles. The summed E-state index contributed by atoms with van der Waals surface area (Å²) < 4.78 is 14.6. The van der Waals surface area contributed by atoms with E-state index in [-0.39, 0.29) is 5.82 Å². The van der Waals surface area contributed by atoms with Crippen LogP contribution in [0.3, 0.4) is 0 Å². The van der Waals surface area contributed by atoms with Gasteiger partial charge in [0.2, 0.25) is 0 Å². The molecular weight excluding hydrogens is 287 g/mol. The maximum absolute atomic E-state index is 12.9. The van der Waals surface area contributed by atoms with Gasteiger partial charge in [0.05, 0.1) is 6.54 Å². The normalized spacial score (nSPS) is 12.0. The van der Waals surface area contributed by atoms with Crippen molar-refractivity contribution in [2.45, 2.75) is 32.9 Å². The molecule has 0 spiro atoms. The second-order valence-electron chi connectivity index (χ2n) is 4.93. The summed E-state index contributed by atoms with van der Waals surface area (Å²) in [4.78, 5) is 0. The van der Waals surface area contributed by atoms with Crippen molar-refractivity contribution in [3.63, 3.8) is 0 Å². The molecule has 2 N–H and O–H groups in total. The molecule has 1 aromatic carbocycles. The monoisotopic (exact) mass is 306 g/mol. The number of halogens is 1. The molecule has 0 bridgehead atoms. The number of anilines is 1. The van der Waals surface area contributed by atoms with E-state index in [4.69, 9.17) is 12.2 Å². The van der Waals surface area contributed by atoms with Gasteiger partial charge in [0.1, 0.15) is 5.82 Å². The molecule has 112 valence electrons. The SMILES string of the molecule is CCC(C)NC(=S)Nc1ccn(Cc2ccc(F)cc2)n1. The fourth-order valence-corrected chi connectivity index (χ4v) is 2.08. The van der Waals surface area contributed by atoms with E-state index in [1.165, 1.54) is 12.1 Å². The van der Waals surface area contributed by atoms with E-state index in [0.717, 1.165) is 12.0 Å². The van der Waals surface area contributed by atoms with Crippen molar-refractivity contribution in [2.24, 2.45) is 0 Å². The molecule has 0 aliphatic rings. The van der Waals surface area contributed by atoms with E-state index >= 15 is 0 Å². The second kappa shape index (κ2) is 7.17. The molecular formula is C15H19FN4S. The van der Waals surface area contributed by atoms with E-state index in [9.17, 15) is 4.39 Å². The number of nitrogens with one attached hydrogen (secondary N) is 2. The van der Waals surface area contributed by atoms with Crippen LogP contribution in [0.5, 0.6) is 0 Å². The summed E-state index contributed by atoms with van der Waals surface area (Å²) in [5.74, 6) is 0.459. The molecule has 4 nitrogen and oxygen atoms in total. The van der Waals surface area contributed by atoms with Gasteiger partial charge in [-0.05, 0) is 43.3 Å². The summed E-state index contributed by atoms with van der Waals surface area (Å²) >= 11 is 5.22. The zero-order valence-electron chi connectivity index (χ0n) is 12.1. The lowest BCUT2D eigenvalue weighted by atomic mass is 10.2. The Kier molecular flexibility index (Phi) is 5.27. The fourth-order valence-electron chi connectivity index (χ4n) is 1.77. The van der Waals surface area contributed by atoms with Gasteiger partial charge < -0.3 is 10.6 Å².